The number of carbonyl (C=O) groups excluding carboxylic acids is 1. The monoisotopic (exact) mass is 270 g/mol. The van der Waals surface area contributed by atoms with Gasteiger partial charge in [0.15, 0.2) is 0 Å². The van der Waals surface area contributed by atoms with Crippen molar-refractivity contribution in [1.29, 1.82) is 0 Å². The molecule has 0 aromatic carbocycles. The molecule has 1 saturated carbocycles. The molecule has 3 heteroatoms. The first-order valence-electron chi connectivity index (χ1n) is 7.74. The molecule has 0 bridgehead atoms. The molecule has 112 valence electrons. The fraction of sp³-hybridized carbons (Fsp3) is 0.938. The largest absolute Gasteiger partial charge is 0.462 e. The summed E-state index contributed by atoms with van der Waals surface area (Å²) in [6.45, 7) is 11.2. The van der Waals surface area contributed by atoms with Gasteiger partial charge in [0.05, 0.1) is 18.1 Å². The Hall–Kier alpha value is -0.570. The summed E-state index contributed by atoms with van der Waals surface area (Å²) in [5, 5.41) is 0. The highest BCUT2D eigenvalue weighted by Crippen LogP contribution is 2.46. The lowest BCUT2D eigenvalue weighted by molar-refractivity contribution is -0.174. The molecule has 1 unspecified atom stereocenters. The lowest BCUT2D eigenvalue weighted by atomic mass is 9.67. The highest BCUT2D eigenvalue weighted by Gasteiger charge is 2.50. The summed E-state index contributed by atoms with van der Waals surface area (Å²) in [6.07, 6.45) is 4.63. The molecule has 0 radical (unpaired) electrons. The van der Waals surface area contributed by atoms with Crippen molar-refractivity contribution in [3.05, 3.63) is 0 Å². The lowest BCUT2D eigenvalue weighted by Gasteiger charge is -2.40. The topological polar surface area (TPSA) is 35.5 Å². The van der Waals surface area contributed by atoms with E-state index < -0.39 is 5.41 Å². The average molecular weight is 270 g/mol. The van der Waals surface area contributed by atoms with Gasteiger partial charge in [-0.2, -0.15) is 0 Å². The van der Waals surface area contributed by atoms with Crippen molar-refractivity contribution < 1.29 is 14.3 Å². The van der Waals surface area contributed by atoms with Gasteiger partial charge in [0.2, 0.25) is 0 Å². The quantitative estimate of drug-likeness (QED) is 0.660. The number of rotatable bonds is 7. The van der Waals surface area contributed by atoms with E-state index in [1.54, 1.807) is 0 Å². The molecule has 1 rings (SSSR count). The van der Waals surface area contributed by atoms with Crippen molar-refractivity contribution >= 4 is 5.97 Å². The zero-order chi connectivity index (χ0) is 14.5. The lowest BCUT2D eigenvalue weighted by Crippen LogP contribution is -2.48. The molecule has 0 aromatic heterocycles. The number of esters is 1. The van der Waals surface area contributed by atoms with Crippen LogP contribution < -0.4 is 0 Å². The minimum absolute atomic E-state index is 0.0575. The number of carbonyl (C=O) groups is 1. The van der Waals surface area contributed by atoms with Crippen LogP contribution in [0.5, 0.6) is 0 Å². The van der Waals surface area contributed by atoms with Gasteiger partial charge in [-0.1, -0.05) is 26.7 Å². The molecular weight excluding hydrogens is 240 g/mol. The van der Waals surface area contributed by atoms with Crippen molar-refractivity contribution in [1.82, 2.24) is 0 Å². The second kappa shape index (κ2) is 7.28. The molecule has 19 heavy (non-hydrogen) atoms. The van der Waals surface area contributed by atoms with Crippen LogP contribution >= 0.6 is 0 Å². The zero-order valence-electron chi connectivity index (χ0n) is 13.2. The van der Waals surface area contributed by atoms with Gasteiger partial charge in [0.1, 0.15) is 0 Å². The molecule has 0 heterocycles. The molecule has 0 saturated heterocycles. The Kier molecular flexibility index (Phi) is 6.31. The first-order valence-corrected chi connectivity index (χ1v) is 7.74. The number of ether oxygens (including phenoxy) is 2. The van der Waals surface area contributed by atoms with Crippen LogP contribution in [0.4, 0.5) is 0 Å². The second-order valence-electron chi connectivity index (χ2n) is 6.27. The normalized spacial score (nSPS) is 19.9. The molecule has 1 atom stereocenters. The molecule has 1 fully saturated rings. The van der Waals surface area contributed by atoms with E-state index in [1.807, 2.05) is 20.8 Å². The summed E-state index contributed by atoms with van der Waals surface area (Å²) >= 11 is 0. The average Bonchev–Trinajstić information content (AvgIpc) is 2.82. The third-order valence-corrected chi connectivity index (χ3v) is 4.38. The molecule has 1 aliphatic carbocycles. The van der Waals surface area contributed by atoms with E-state index in [9.17, 15) is 4.79 Å². The molecule has 0 spiro atoms. The smallest absolute Gasteiger partial charge is 0.315 e. The molecular formula is C16H30O3. The van der Waals surface area contributed by atoms with Crippen LogP contribution in [-0.4, -0.2) is 25.3 Å². The van der Waals surface area contributed by atoms with Gasteiger partial charge in [-0.3, -0.25) is 4.79 Å². The Balaban J connectivity index is 2.99. The Morgan fingerprint density at radius 2 is 1.79 bits per heavy atom. The van der Waals surface area contributed by atoms with Crippen LogP contribution in [0.15, 0.2) is 0 Å². The first-order chi connectivity index (χ1) is 8.95. The maximum atomic E-state index is 12.7. The van der Waals surface area contributed by atoms with Crippen LogP contribution in [0.2, 0.25) is 0 Å². The Morgan fingerprint density at radius 1 is 1.21 bits per heavy atom. The van der Waals surface area contributed by atoms with Crippen LogP contribution in [-0.2, 0) is 14.3 Å². The van der Waals surface area contributed by atoms with Crippen molar-refractivity contribution in [2.75, 3.05) is 13.2 Å². The highest BCUT2D eigenvalue weighted by molar-refractivity contribution is 5.78. The summed E-state index contributed by atoms with van der Waals surface area (Å²) in [7, 11) is 0. The minimum atomic E-state index is -0.462. The summed E-state index contributed by atoms with van der Waals surface area (Å²) in [5.41, 5.74) is -0.462. The summed E-state index contributed by atoms with van der Waals surface area (Å²) in [5.74, 6) is 0.594. The van der Waals surface area contributed by atoms with Gasteiger partial charge in [0, 0.05) is 6.61 Å². The highest BCUT2D eigenvalue weighted by atomic mass is 16.5. The third kappa shape index (κ3) is 3.71. The van der Waals surface area contributed by atoms with Gasteiger partial charge in [0.25, 0.3) is 0 Å². The van der Waals surface area contributed by atoms with E-state index >= 15 is 0 Å². The molecule has 0 amide bonds. The fourth-order valence-corrected chi connectivity index (χ4v) is 3.25. The zero-order valence-corrected chi connectivity index (χ0v) is 13.2. The molecule has 0 aliphatic heterocycles. The first kappa shape index (κ1) is 16.5. The fourth-order valence-electron chi connectivity index (χ4n) is 3.25. The third-order valence-electron chi connectivity index (χ3n) is 4.38. The van der Waals surface area contributed by atoms with Crippen LogP contribution in [0.1, 0.15) is 60.3 Å². The Morgan fingerprint density at radius 3 is 2.21 bits per heavy atom. The number of hydrogen-bond donors (Lipinski definition) is 0. The van der Waals surface area contributed by atoms with E-state index in [-0.39, 0.29) is 18.0 Å². The SMILES string of the molecule is CCOCC(C(=O)OC(C)C)(C(C)C)C1CCCC1. The van der Waals surface area contributed by atoms with Gasteiger partial charge in [-0.15, -0.1) is 0 Å². The van der Waals surface area contributed by atoms with E-state index in [1.165, 1.54) is 12.8 Å². The Bertz CT molecular complexity index is 280. The van der Waals surface area contributed by atoms with E-state index in [0.29, 0.717) is 19.1 Å². The maximum absolute atomic E-state index is 12.7. The summed E-state index contributed by atoms with van der Waals surface area (Å²) in [6, 6.07) is 0. The predicted octanol–water partition coefficient (Wildman–Crippen LogP) is 3.81. The van der Waals surface area contributed by atoms with Crippen LogP contribution in [0.25, 0.3) is 0 Å². The maximum Gasteiger partial charge on any atom is 0.315 e. The van der Waals surface area contributed by atoms with Crippen molar-refractivity contribution in [2.45, 2.75) is 66.4 Å². The van der Waals surface area contributed by atoms with Crippen LogP contribution in [0, 0.1) is 17.3 Å². The van der Waals surface area contributed by atoms with Gasteiger partial charge < -0.3 is 9.47 Å². The molecule has 0 N–H and O–H groups in total. The standard InChI is InChI=1S/C16H30O3/c1-6-18-11-16(12(2)3,14-9-7-8-10-14)15(17)19-13(4)5/h12-14H,6-11H2,1-5H3. The van der Waals surface area contributed by atoms with Gasteiger partial charge in [-0.05, 0) is 45.4 Å². The minimum Gasteiger partial charge on any atom is -0.462 e. The van der Waals surface area contributed by atoms with E-state index in [0.717, 1.165) is 12.8 Å². The predicted molar refractivity (Wildman–Crippen MR) is 77.0 cm³/mol. The van der Waals surface area contributed by atoms with Crippen molar-refractivity contribution in [3.63, 3.8) is 0 Å². The summed E-state index contributed by atoms with van der Waals surface area (Å²) < 4.78 is 11.2. The molecule has 1 aliphatic rings. The van der Waals surface area contributed by atoms with E-state index in [4.69, 9.17) is 9.47 Å². The van der Waals surface area contributed by atoms with Gasteiger partial charge in [-0.25, -0.2) is 0 Å². The van der Waals surface area contributed by atoms with Crippen molar-refractivity contribution in [3.8, 4) is 0 Å². The summed E-state index contributed by atoms with van der Waals surface area (Å²) in [4.78, 5) is 12.7. The van der Waals surface area contributed by atoms with Crippen molar-refractivity contribution in [2.24, 2.45) is 17.3 Å². The van der Waals surface area contributed by atoms with Crippen LogP contribution in [0.3, 0.4) is 0 Å². The van der Waals surface area contributed by atoms with E-state index in [2.05, 4.69) is 13.8 Å². The molecule has 0 aromatic rings. The second-order valence-corrected chi connectivity index (χ2v) is 6.27. The molecule has 3 nitrogen and oxygen atoms in total. The number of hydrogen-bond acceptors (Lipinski definition) is 3. The Labute approximate surface area is 118 Å². The van der Waals surface area contributed by atoms with Gasteiger partial charge >= 0.3 is 5.97 Å².